The van der Waals surface area contributed by atoms with Gasteiger partial charge in [0.15, 0.2) is 0 Å². The molecular formula is C10H8BrNO. The van der Waals surface area contributed by atoms with Gasteiger partial charge in [-0.1, -0.05) is 28.1 Å². The highest BCUT2D eigenvalue weighted by molar-refractivity contribution is 9.10. The van der Waals surface area contributed by atoms with Gasteiger partial charge in [-0.05, 0) is 17.2 Å². The average molecular weight is 238 g/mol. The van der Waals surface area contributed by atoms with Crippen molar-refractivity contribution in [2.75, 3.05) is 6.61 Å². The Morgan fingerprint density at radius 3 is 3.15 bits per heavy atom. The Labute approximate surface area is 85.3 Å². The van der Waals surface area contributed by atoms with Crippen molar-refractivity contribution in [3.63, 3.8) is 0 Å². The van der Waals surface area contributed by atoms with Gasteiger partial charge in [0.25, 0.3) is 0 Å². The highest BCUT2D eigenvalue weighted by Gasteiger charge is 2.21. The third kappa shape index (κ3) is 1.48. The van der Waals surface area contributed by atoms with Crippen LogP contribution in [0.3, 0.4) is 0 Å². The number of hydrogen-bond donors (Lipinski definition) is 0. The van der Waals surface area contributed by atoms with E-state index in [0.29, 0.717) is 13.2 Å². The van der Waals surface area contributed by atoms with E-state index in [2.05, 4.69) is 22.0 Å². The molecule has 0 aliphatic carbocycles. The molecule has 0 fully saturated rings. The van der Waals surface area contributed by atoms with Crippen LogP contribution in [0.2, 0.25) is 0 Å². The van der Waals surface area contributed by atoms with E-state index in [-0.39, 0.29) is 5.92 Å². The summed E-state index contributed by atoms with van der Waals surface area (Å²) in [6, 6.07) is 8.17. The van der Waals surface area contributed by atoms with Gasteiger partial charge in [-0.3, -0.25) is 0 Å². The fourth-order valence-corrected chi connectivity index (χ4v) is 2.03. The molecule has 1 aromatic carbocycles. The Morgan fingerprint density at radius 1 is 1.54 bits per heavy atom. The Hall–Kier alpha value is -0.850. The molecule has 0 saturated heterocycles. The Kier molecular flexibility index (Phi) is 2.34. The van der Waals surface area contributed by atoms with Crippen molar-refractivity contribution in [1.82, 2.24) is 0 Å². The van der Waals surface area contributed by atoms with Crippen molar-refractivity contribution in [2.45, 2.75) is 12.5 Å². The molecule has 1 aliphatic rings. The number of halogens is 1. The fraction of sp³-hybridized carbons (Fsp3) is 0.300. The molecule has 1 unspecified atom stereocenters. The molecular weight excluding hydrogens is 230 g/mol. The first kappa shape index (κ1) is 8.74. The number of rotatable bonds is 0. The van der Waals surface area contributed by atoms with Crippen LogP contribution in [-0.4, -0.2) is 6.61 Å². The largest absolute Gasteiger partial charge is 0.375 e. The summed E-state index contributed by atoms with van der Waals surface area (Å²) in [4.78, 5) is 0. The predicted molar refractivity (Wildman–Crippen MR) is 52.2 cm³/mol. The van der Waals surface area contributed by atoms with E-state index in [4.69, 9.17) is 10.00 Å². The summed E-state index contributed by atoms with van der Waals surface area (Å²) in [5.41, 5.74) is 2.21. The smallest absolute Gasteiger partial charge is 0.0950 e. The summed E-state index contributed by atoms with van der Waals surface area (Å²) in [5.74, 6) is -0.110. The molecule has 66 valence electrons. The zero-order valence-electron chi connectivity index (χ0n) is 6.96. The molecule has 1 aliphatic heterocycles. The maximum atomic E-state index is 8.88. The topological polar surface area (TPSA) is 33.0 Å². The summed E-state index contributed by atoms with van der Waals surface area (Å²) in [6.07, 6.45) is 0. The molecule has 0 radical (unpaired) electrons. The second kappa shape index (κ2) is 3.49. The second-order valence-corrected chi connectivity index (χ2v) is 3.86. The molecule has 0 N–H and O–H groups in total. The first-order valence-corrected chi connectivity index (χ1v) is 4.87. The molecule has 0 aromatic heterocycles. The van der Waals surface area contributed by atoms with Crippen LogP contribution in [0.1, 0.15) is 17.0 Å². The van der Waals surface area contributed by atoms with Crippen LogP contribution in [0, 0.1) is 11.3 Å². The van der Waals surface area contributed by atoms with Gasteiger partial charge >= 0.3 is 0 Å². The standard InChI is InChI=1S/C10H8BrNO/c11-10-3-1-2-8-7(4-12)5-13-6-9(8)10/h1-3,7H,5-6H2. The Bertz CT molecular complexity index is 370. The summed E-state index contributed by atoms with van der Waals surface area (Å²) in [6.45, 7) is 1.12. The van der Waals surface area contributed by atoms with Crippen molar-refractivity contribution < 1.29 is 4.74 Å². The van der Waals surface area contributed by atoms with Gasteiger partial charge in [-0.25, -0.2) is 0 Å². The molecule has 1 aromatic rings. The van der Waals surface area contributed by atoms with Crippen LogP contribution in [0.25, 0.3) is 0 Å². The number of ether oxygens (including phenoxy) is 1. The number of nitriles is 1. The van der Waals surface area contributed by atoms with Gasteiger partial charge < -0.3 is 4.74 Å². The monoisotopic (exact) mass is 237 g/mol. The molecule has 13 heavy (non-hydrogen) atoms. The summed E-state index contributed by atoms with van der Waals surface area (Å²) in [5, 5.41) is 8.88. The molecule has 1 atom stereocenters. The second-order valence-electron chi connectivity index (χ2n) is 3.00. The first-order chi connectivity index (χ1) is 6.33. The quantitative estimate of drug-likeness (QED) is 0.695. The molecule has 1 heterocycles. The van der Waals surface area contributed by atoms with Gasteiger partial charge in [-0.2, -0.15) is 5.26 Å². The van der Waals surface area contributed by atoms with Crippen LogP contribution in [0.4, 0.5) is 0 Å². The number of hydrogen-bond acceptors (Lipinski definition) is 2. The maximum absolute atomic E-state index is 8.88. The minimum Gasteiger partial charge on any atom is -0.375 e. The molecule has 0 spiro atoms. The molecule has 0 bridgehead atoms. The van der Waals surface area contributed by atoms with Crippen molar-refractivity contribution >= 4 is 15.9 Å². The van der Waals surface area contributed by atoms with Crippen LogP contribution < -0.4 is 0 Å². The SMILES string of the molecule is N#CC1COCc2c(Br)cccc21. The number of fused-ring (bicyclic) bond motifs is 1. The Balaban J connectivity index is 2.53. The third-order valence-corrected chi connectivity index (χ3v) is 2.96. The van der Waals surface area contributed by atoms with Crippen LogP contribution >= 0.6 is 15.9 Å². The first-order valence-electron chi connectivity index (χ1n) is 4.07. The van der Waals surface area contributed by atoms with Gasteiger partial charge in [0.05, 0.1) is 25.2 Å². The zero-order valence-corrected chi connectivity index (χ0v) is 8.54. The fourth-order valence-electron chi connectivity index (χ4n) is 1.53. The average Bonchev–Trinajstić information content (AvgIpc) is 2.18. The van der Waals surface area contributed by atoms with E-state index in [0.717, 1.165) is 15.6 Å². The molecule has 0 amide bonds. The van der Waals surface area contributed by atoms with Gasteiger partial charge in [-0.15, -0.1) is 0 Å². The zero-order chi connectivity index (χ0) is 9.26. The number of nitrogens with zero attached hydrogens (tertiary/aromatic N) is 1. The van der Waals surface area contributed by atoms with E-state index in [1.807, 2.05) is 18.2 Å². The van der Waals surface area contributed by atoms with E-state index >= 15 is 0 Å². The van der Waals surface area contributed by atoms with E-state index < -0.39 is 0 Å². The lowest BCUT2D eigenvalue weighted by Crippen LogP contribution is -2.15. The van der Waals surface area contributed by atoms with Crippen LogP contribution in [0.15, 0.2) is 22.7 Å². The highest BCUT2D eigenvalue weighted by Crippen LogP contribution is 2.30. The number of benzene rings is 1. The molecule has 3 heteroatoms. The Morgan fingerprint density at radius 2 is 2.38 bits per heavy atom. The van der Waals surface area contributed by atoms with Crippen LogP contribution in [0.5, 0.6) is 0 Å². The molecule has 2 rings (SSSR count). The predicted octanol–water partition coefficient (Wildman–Crippen LogP) is 2.59. The minimum absolute atomic E-state index is 0.110. The lowest BCUT2D eigenvalue weighted by atomic mass is 9.94. The van der Waals surface area contributed by atoms with Crippen molar-refractivity contribution in [1.29, 1.82) is 5.26 Å². The lowest BCUT2D eigenvalue weighted by Gasteiger charge is -2.21. The van der Waals surface area contributed by atoms with Crippen LogP contribution in [-0.2, 0) is 11.3 Å². The summed E-state index contributed by atoms with van der Waals surface area (Å²) >= 11 is 3.45. The van der Waals surface area contributed by atoms with Gasteiger partial charge in [0.2, 0.25) is 0 Å². The maximum Gasteiger partial charge on any atom is 0.0950 e. The van der Waals surface area contributed by atoms with Gasteiger partial charge in [0, 0.05) is 4.47 Å². The normalized spacial score (nSPS) is 20.5. The summed E-state index contributed by atoms with van der Waals surface area (Å²) in [7, 11) is 0. The van der Waals surface area contributed by atoms with Crippen molar-refractivity contribution in [3.8, 4) is 6.07 Å². The lowest BCUT2D eigenvalue weighted by molar-refractivity contribution is 0.102. The van der Waals surface area contributed by atoms with E-state index in [1.54, 1.807) is 0 Å². The van der Waals surface area contributed by atoms with E-state index in [9.17, 15) is 0 Å². The highest BCUT2D eigenvalue weighted by atomic mass is 79.9. The third-order valence-electron chi connectivity index (χ3n) is 2.22. The minimum atomic E-state index is -0.110. The van der Waals surface area contributed by atoms with Crippen molar-refractivity contribution in [3.05, 3.63) is 33.8 Å². The summed E-state index contributed by atoms with van der Waals surface area (Å²) < 4.78 is 6.36. The molecule has 2 nitrogen and oxygen atoms in total. The van der Waals surface area contributed by atoms with Crippen molar-refractivity contribution in [2.24, 2.45) is 0 Å². The van der Waals surface area contributed by atoms with E-state index in [1.165, 1.54) is 0 Å². The molecule has 0 saturated carbocycles. The van der Waals surface area contributed by atoms with Gasteiger partial charge in [0.1, 0.15) is 0 Å².